The summed E-state index contributed by atoms with van der Waals surface area (Å²) < 4.78 is 5.59. The van der Waals surface area contributed by atoms with Crippen LogP contribution in [0.25, 0.3) is 0 Å². The van der Waals surface area contributed by atoms with Crippen LogP contribution in [0.2, 0.25) is 0 Å². The summed E-state index contributed by atoms with van der Waals surface area (Å²) in [5, 5.41) is 6.30. The molecule has 1 aliphatic heterocycles. The van der Waals surface area contributed by atoms with Crippen molar-refractivity contribution in [1.29, 1.82) is 0 Å². The van der Waals surface area contributed by atoms with Gasteiger partial charge in [0.05, 0.1) is 0 Å². The number of rotatable bonds is 4. The Bertz CT molecular complexity index is 440. The van der Waals surface area contributed by atoms with Crippen molar-refractivity contribution in [2.75, 3.05) is 19.7 Å². The number of hydrogen-bond acceptors (Lipinski definition) is 3. The minimum atomic E-state index is -0.0344. The van der Waals surface area contributed by atoms with Crippen LogP contribution < -0.4 is 15.4 Å². The van der Waals surface area contributed by atoms with Crippen LogP contribution >= 0.6 is 0 Å². The molecule has 0 radical (unpaired) electrons. The molecule has 0 bridgehead atoms. The summed E-state index contributed by atoms with van der Waals surface area (Å²) in [7, 11) is 0. The molecular formula is C15H22N2O2. The maximum absolute atomic E-state index is 11.8. The molecule has 19 heavy (non-hydrogen) atoms. The molecule has 1 saturated heterocycles. The van der Waals surface area contributed by atoms with E-state index in [0.29, 0.717) is 0 Å². The third kappa shape index (κ3) is 3.96. The van der Waals surface area contributed by atoms with Crippen LogP contribution in [0.15, 0.2) is 18.2 Å². The molecule has 104 valence electrons. The normalized spacial score (nSPS) is 16.1. The number of nitrogens with one attached hydrogen (secondary N) is 2. The van der Waals surface area contributed by atoms with Crippen LogP contribution in [0.4, 0.5) is 0 Å². The summed E-state index contributed by atoms with van der Waals surface area (Å²) in [6.07, 6.45) is 1.99. The summed E-state index contributed by atoms with van der Waals surface area (Å²) >= 11 is 0. The van der Waals surface area contributed by atoms with Crippen LogP contribution in [0, 0.1) is 13.8 Å². The molecule has 2 rings (SSSR count). The Morgan fingerprint density at radius 3 is 2.84 bits per heavy atom. The fourth-order valence-corrected chi connectivity index (χ4v) is 2.26. The Kier molecular flexibility index (Phi) is 4.80. The summed E-state index contributed by atoms with van der Waals surface area (Å²) in [5.74, 6) is 0.758. The van der Waals surface area contributed by atoms with Gasteiger partial charge in [-0.3, -0.25) is 4.79 Å². The fourth-order valence-electron chi connectivity index (χ4n) is 2.26. The van der Waals surface area contributed by atoms with E-state index >= 15 is 0 Å². The lowest BCUT2D eigenvalue weighted by Crippen LogP contribution is -2.44. The molecule has 0 aromatic heterocycles. The topological polar surface area (TPSA) is 50.4 Å². The zero-order valence-corrected chi connectivity index (χ0v) is 11.7. The molecule has 1 aromatic rings. The predicted octanol–water partition coefficient (Wildman–Crippen LogP) is 1.55. The second kappa shape index (κ2) is 6.57. The van der Waals surface area contributed by atoms with Crippen molar-refractivity contribution in [1.82, 2.24) is 10.6 Å². The van der Waals surface area contributed by atoms with Gasteiger partial charge in [0.1, 0.15) is 5.75 Å². The standard InChI is InChI=1S/C15H22N2O2/c1-11-4-3-5-14(12(11)2)19-10-15(18)17-13-6-8-16-9-7-13/h3-5,13,16H,6-10H2,1-2H3,(H,17,18). The Labute approximate surface area is 114 Å². The van der Waals surface area contributed by atoms with Gasteiger partial charge in [-0.05, 0) is 57.0 Å². The SMILES string of the molecule is Cc1cccc(OCC(=O)NC2CCNCC2)c1C. The average Bonchev–Trinajstić information content (AvgIpc) is 2.42. The van der Waals surface area contributed by atoms with Gasteiger partial charge in [0.2, 0.25) is 0 Å². The molecule has 0 unspecified atom stereocenters. The van der Waals surface area contributed by atoms with Crippen LogP contribution in [-0.2, 0) is 4.79 Å². The van der Waals surface area contributed by atoms with Crippen LogP contribution in [0.5, 0.6) is 5.75 Å². The molecule has 0 saturated carbocycles. The Morgan fingerprint density at radius 2 is 2.11 bits per heavy atom. The first kappa shape index (κ1) is 13.9. The third-order valence-corrected chi connectivity index (χ3v) is 3.62. The first-order chi connectivity index (χ1) is 9.16. The highest BCUT2D eigenvalue weighted by molar-refractivity contribution is 5.77. The van der Waals surface area contributed by atoms with Gasteiger partial charge in [0.25, 0.3) is 5.91 Å². The van der Waals surface area contributed by atoms with Crippen molar-refractivity contribution in [2.24, 2.45) is 0 Å². The van der Waals surface area contributed by atoms with Crippen molar-refractivity contribution in [2.45, 2.75) is 32.7 Å². The number of carbonyl (C=O) groups excluding carboxylic acids is 1. The molecule has 4 heteroatoms. The van der Waals surface area contributed by atoms with E-state index in [0.717, 1.165) is 37.2 Å². The number of aryl methyl sites for hydroxylation is 1. The van der Waals surface area contributed by atoms with Gasteiger partial charge >= 0.3 is 0 Å². The monoisotopic (exact) mass is 262 g/mol. The van der Waals surface area contributed by atoms with Crippen molar-refractivity contribution in [3.8, 4) is 5.75 Å². The minimum Gasteiger partial charge on any atom is -0.483 e. The molecule has 1 aliphatic rings. The molecule has 1 amide bonds. The zero-order chi connectivity index (χ0) is 13.7. The predicted molar refractivity (Wildman–Crippen MR) is 75.4 cm³/mol. The fraction of sp³-hybridized carbons (Fsp3) is 0.533. The number of benzene rings is 1. The first-order valence-electron chi connectivity index (χ1n) is 6.86. The Balaban J connectivity index is 1.81. The van der Waals surface area contributed by atoms with Gasteiger partial charge in [-0.15, -0.1) is 0 Å². The summed E-state index contributed by atoms with van der Waals surface area (Å²) in [4.78, 5) is 11.8. The largest absolute Gasteiger partial charge is 0.483 e. The number of carbonyl (C=O) groups is 1. The highest BCUT2D eigenvalue weighted by Crippen LogP contribution is 2.20. The quantitative estimate of drug-likeness (QED) is 0.865. The number of ether oxygens (including phenoxy) is 1. The molecule has 4 nitrogen and oxygen atoms in total. The highest BCUT2D eigenvalue weighted by atomic mass is 16.5. The van der Waals surface area contributed by atoms with E-state index in [9.17, 15) is 4.79 Å². The summed E-state index contributed by atoms with van der Waals surface area (Å²) in [5.41, 5.74) is 2.27. The molecule has 1 aromatic carbocycles. The Morgan fingerprint density at radius 1 is 1.37 bits per heavy atom. The van der Waals surface area contributed by atoms with E-state index in [4.69, 9.17) is 4.74 Å². The molecule has 0 spiro atoms. The van der Waals surface area contributed by atoms with Crippen LogP contribution in [-0.4, -0.2) is 31.6 Å². The van der Waals surface area contributed by atoms with Crippen molar-refractivity contribution >= 4 is 5.91 Å². The second-order valence-corrected chi connectivity index (χ2v) is 5.08. The lowest BCUT2D eigenvalue weighted by Gasteiger charge is -2.23. The number of piperidine rings is 1. The first-order valence-corrected chi connectivity index (χ1v) is 6.86. The van der Waals surface area contributed by atoms with Gasteiger partial charge in [-0.25, -0.2) is 0 Å². The zero-order valence-electron chi connectivity index (χ0n) is 11.7. The van der Waals surface area contributed by atoms with Crippen molar-refractivity contribution < 1.29 is 9.53 Å². The van der Waals surface area contributed by atoms with Crippen LogP contribution in [0.3, 0.4) is 0 Å². The smallest absolute Gasteiger partial charge is 0.258 e. The van der Waals surface area contributed by atoms with E-state index in [2.05, 4.69) is 10.6 Å². The summed E-state index contributed by atoms with van der Waals surface area (Å²) in [6.45, 7) is 6.09. The molecule has 0 atom stereocenters. The number of amides is 1. The lowest BCUT2D eigenvalue weighted by molar-refractivity contribution is -0.124. The molecule has 0 aliphatic carbocycles. The van der Waals surface area contributed by atoms with E-state index < -0.39 is 0 Å². The van der Waals surface area contributed by atoms with E-state index in [-0.39, 0.29) is 18.6 Å². The average molecular weight is 262 g/mol. The molecule has 1 heterocycles. The van der Waals surface area contributed by atoms with E-state index in [1.54, 1.807) is 0 Å². The highest BCUT2D eigenvalue weighted by Gasteiger charge is 2.15. The van der Waals surface area contributed by atoms with Gasteiger partial charge < -0.3 is 15.4 Å². The lowest BCUT2D eigenvalue weighted by atomic mass is 10.1. The Hall–Kier alpha value is -1.55. The van der Waals surface area contributed by atoms with E-state index in [1.807, 2.05) is 32.0 Å². The molecule has 1 fully saturated rings. The summed E-state index contributed by atoms with van der Waals surface area (Å²) in [6, 6.07) is 6.18. The molecular weight excluding hydrogens is 240 g/mol. The van der Waals surface area contributed by atoms with Crippen LogP contribution in [0.1, 0.15) is 24.0 Å². The second-order valence-electron chi connectivity index (χ2n) is 5.08. The van der Waals surface area contributed by atoms with E-state index in [1.165, 1.54) is 5.56 Å². The molecule has 2 N–H and O–H groups in total. The van der Waals surface area contributed by atoms with Gasteiger partial charge in [0.15, 0.2) is 6.61 Å². The van der Waals surface area contributed by atoms with Crippen molar-refractivity contribution in [3.63, 3.8) is 0 Å². The van der Waals surface area contributed by atoms with Gasteiger partial charge in [-0.2, -0.15) is 0 Å². The minimum absolute atomic E-state index is 0.0344. The third-order valence-electron chi connectivity index (χ3n) is 3.62. The number of hydrogen-bond donors (Lipinski definition) is 2. The van der Waals surface area contributed by atoms with Crippen molar-refractivity contribution in [3.05, 3.63) is 29.3 Å². The van der Waals surface area contributed by atoms with Gasteiger partial charge in [0, 0.05) is 6.04 Å². The van der Waals surface area contributed by atoms with Gasteiger partial charge in [-0.1, -0.05) is 12.1 Å². The maximum atomic E-state index is 11.8. The maximum Gasteiger partial charge on any atom is 0.258 e.